The highest BCUT2D eigenvalue weighted by molar-refractivity contribution is 5.94. The van der Waals surface area contributed by atoms with E-state index in [9.17, 15) is 19.4 Å². The van der Waals surface area contributed by atoms with E-state index in [0.717, 1.165) is 25.6 Å². The minimum atomic E-state index is -1.65. The van der Waals surface area contributed by atoms with Crippen molar-refractivity contribution < 1.29 is 24.1 Å². The first-order valence-electron chi connectivity index (χ1n) is 12.9. The van der Waals surface area contributed by atoms with Crippen LogP contribution in [0.25, 0.3) is 5.70 Å². The number of aliphatic hydroxyl groups is 2. The van der Waals surface area contributed by atoms with E-state index < -0.39 is 17.6 Å². The molecule has 1 aromatic carbocycles. The minimum absolute atomic E-state index is 0. The van der Waals surface area contributed by atoms with Crippen molar-refractivity contribution in [2.75, 3.05) is 26.7 Å². The highest BCUT2D eigenvalue weighted by Crippen LogP contribution is 2.43. The van der Waals surface area contributed by atoms with Crippen molar-refractivity contribution in [3.8, 4) is 0 Å². The maximum absolute atomic E-state index is 13.4. The van der Waals surface area contributed by atoms with Crippen LogP contribution in [0.4, 0.5) is 4.39 Å². The van der Waals surface area contributed by atoms with Gasteiger partial charge < -0.3 is 37.5 Å². The number of allylic oxidation sites excluding steroid dienone is 2. The molecule has 1 amide bonds. The summed E-state index contributed by atoms with van der Waals surface area (Å²) in [7, 11) is 1.46. The van der Waals surface area contributed by atoms with Crippen molar-refractivity contribution in [3.63, 3.8) is 0 Å². The smallest absolute Gasteiger partial charge is 0.251 e. The first-order valence-corrected chi connectivity index (χ1v) is 12.9. The molecule has 214 valence electrons. The first kappa shape index (κ1) is 31.6. The number of nitrogens with one attached hydrogen (secondary N) is 1. The Hall–Kier alpha value is -2.66. The van der Waals surface area contributed by atoms with Gasteiger partial charge in [0.25, 0.3) is 5.91 Å². The maximum atomic E-state index is 13.4. The molecule has 1 aliphatic carbocycles. The number of ether oxygens (including phenoxy) is 1. The number of fused-ring (bicyclic) bond motifs is 1. The number of carbonyl (C=O) groups excluding carboxylic acids is 1. The van der Waals surface area contributed by atoms with Crippen molar-refractivity contribution in [2.24, 2.45) is 35.0 Å². The Morgan fingerprint density at radius 2 is 1.71 bits per heavy atom. The van der Waals surface area contributed by atoms with Crippen LogP contribution >= 0.6 is 0 Å². The van der Waals surface area contributed by atoms with Gasteiger partial charge in [0.1, 0.15) is 5.82 Å². The van der Waals surface area contributed by atoms with Gasteiger partial charge in [0, 0.05) is 49.5 Å². The van der Waals surface area contributed by atoms with Crippen LogP contribution in [0, 0.1) is 23.6 Å². The van der Waals surface area contributed by atoms with E-state index in [1.54, 1.807) is 0 Å². The summed E-state index contributed by atoms with van der Waals surface area (Å²) >= 11 is 0. The number of hydrogen-bond donors (Lipinski definition) is 6. The lowest BCUT2D eigenvalue weighted by Gasteiger charge is -2.44. The molecule has 0 radical (unpaired) electrons. The van der Waals surface area contributed by atoms with Crippen LogP contribution in [-0.2, 0) is 4.74 Å². The van der Waals surface area contributed by atoms with Gasteiger partial charge >= 0.3 is 0 Å². The summed E-state index contributed by atoms with van der Waals surface area (Å²) in [5.74, 6) is -1.23. The van der Waals surface area contributed by atoms with Crippen LogP contribution in [0.2, 0.25) is 0 Å². The first-order chi connectivity index (χ1) is 17.3. The number of likely N-dealkylation sites (tertiary alicyclic amines) is 1. The molecule has 2 aliphatic heterocycles. The van der Waals surface area contributed by atoms with Gasteiger partial charge in [-0.3, -0.25) is 9.69 Å². The molecule has 2 heterocycles. The molecule has 3 fully saturated rings. The SMILES string of the molecule is C.CC1(C)CC(C(O)(O)N2CC3CCCC3C2)CCO1.CNC(=O)c1cc(F)cc(/C(N)=C/C=C(N)N)c1. The van der Waals surface area contributed by atoms with Crippen molar-refractivity contribution >= 4 is 11.6 Å². The van der Waals surface area contributed by atoms with Gasteiger partial charge in [-0.05, 0) is 81.7 Å². The fourth-order valence-corrected chi connectivity index (χ4v) is 5.64. The number of amides is 1. The van der Waals surface area contributed by atoms with E-state index in [4.69, 9.17) is 21.9 Å². The van der Waals surface area contributed by atoms with Crippen molar-refractivity contribution in [3.05, 3.63) is 53.1 Å². The zero-order valence-electron chi connectivity index (χ0n) is 22.0. The average molecular weight is 536 g/mol. The lowest BCUT2D eigenvalue weighted by Crippen LogP contribution is -2.56. The lowest BCUT2D eigenvalue weighted by molar-refractivity contribution is -0.309. The van der Waals surface area contributed by atoms with Gasteiger partial charge in [0.15, 0.2) is 0 Å². The van der Waals surface area contributed by atoms with Gasteiger partial charge in [0.05, 0.1) is 11.4 Å². The average Bonchev–Trinajstić information content (AvgIpc) is 3.44. The molecule has 9 N–H and O–H groups in total. The van der Waals surface area contributed by atoms with Crippen LogP contribution in [0.15, 0.2) is 36.2 Å². The second-order valence-electron chi connectivity index (χ2n) is 10.9. The Kier molecular flexibility index (Phi) is 10.7. The third kappa shape index (κ3) is 7.92. The lowest BCUT2D eigenvalue weighted by atomic mass is 9.85. The third-order valence-corrected chi connectivity index (χ3v) is 7.61. The molecular weight excluding hydrogens is 489 g/mol. The van der Waals surface area contributed by atoms with Crippen LogP contribution < -0.4 is 22.5 Å². The molecular formula is C28H46FN5O4. The fourth-order valence-electron chi connectivity index (χ4n) is 5.64. The second kappa shape index (κ2) is 12.9. The molecule has 0 aromatic heterocycles. The van der Waals surface area contributed by atoms with Gasteiger partial charge in [0.2, 0.25) is 5.91 Å². The Morgan fingerprint density at radius 1 is 1.11 bits per heavy atom. The van der Waals surface area contributed by atoms with Gasteiger partial charge in [-0.1, -0.05) is 13.8 Å². The molecule has 38 heavy (non-hydrogen) atoms. The highest BCUT2D eigenvalue weighted by atomic mass is 19.1. The fraction of sp³-hybridized carbons (Fsp3) is 0.607. The third-order valence-electron chi connectivity index (χ3n) is 7.61. The van der Waals surface area contributed by atoms with E-state index in [2.05, 4.69) is 5.32 Å². The number of halogens is 1. The highest BCUT2D eigenvalue weighted by Gasteiger charge is 2.50. The summed E-state index contributed by atoms with van der Waals surface area (Å²) in [5, 5.41) is 23.7. The van der Waals surface area contributed by atoms with E-state index >= 15 is 0 Å². The normalized spacial score (nSPS) is 24.9. The molecule has 0 bridgehead atoms. The summed E-state index contributed by atoms with van der Waals surface area (Å²) in [6.07, 6.45) is 8.12. The van der Waals surface area contributed by atoms with Crippen LogP contribution in [0.1, 0.15) is 69.3 Å². The number of nitrogens with two attached hydrogens (primary N) is 3. The Morgan fingerprint density at radius 3 is 2.26 bits per heavy atom. The quantitative estimate of drug-likeness (QED) is 0.248. The number of benzene rings is 1. The molecule has 3 atom stereocenters. The largest absolute Gasteiger partial charge is 0.398 e. The van der Waals surface area contributed by atoms with Crippen LogP contribution in [0.3, 0.4) is 0 Å². The second-order valence-corrected chi connectivity index (χ2v) is 10.9. The molecule has 0 spiro atoms. The number of hydrogen-bond acceptors (Lipinski definition) is 8. The van der Waals surface area contributed by atoms with Crippen LogP contribution in [0.5, 0.6) is 0 Å². The summed E-state index contributed by atoms with van der Waals surface area (Å²) in [5.41, 5.74) is 16.8. The predicted molar refractivity (Wildman–Crippen MR) is 147 cm³/mol. The molecule has 3 aliphatic rings. The molecule has 1 aromatic rings. The van der Waals surface area contributed by atoms with Crippen LogP contribution in [-0.4, -0.2) is 59.3 Å². The number of carbonyl (C=O) groups is 1. The van der Waals surface area contributed by atoms with Crippen molar-refractivity contribution in [1.29, 1.82) is 0 Å². The summed E-state index contributed by atoms with van der Waals surface area (Å²) < 4.78 is 19.0. The number of nitrogens with zero attached hydrogens (tertiary/aromatic N) is 1. The Labute approximate surface area is 225 Å². The molecule has 2 saturated heterocycles. The Balaban J connectivity index is 0.000000261. The van der Waals surface area contributed by atoms with Crippen molar-refractivity contribution in [2.45, 2.75) is 64.9 Å². The van der Waals surface area contributed by atoms with E-state index in [1.807, 2.05) is 18.7 Å². The number of rotatable bonds is 5. The van der Waals surface area contributed by atoms with Crippen molar-refractivity contribution in [1.82, 2.24) is 10.2 Å². The zero-order chi connectivity index (χ0) is 27.4. The zero-order valence-corrected chi connectivity index (χ0v) is 22.0. The summed E-state index contributed by atoms with van der Waals surface area (Å²) in [4.78, 5) is 13.3. The molecule has 1 saturated carbocycles. The van der Waals surface area contributed by atoms with Gasteiger partial charge in [-0.25, -0.2) is 4.39 Å². The molecule has 3 unspecified atom stereocenters. The predicted octanol–water partition coefficient (Wildman–Crippen LogP) is 2.44. The molecule has 9 nitrogen and oxygen atoms in total. The maximum Gasteiger partial charge on any atom is 0.251 e. The van der Waals surface area contributed by atoms with E-state index in [1.165, 1.54) is 50.6 Å². The minimum Gasteiger partial charge on any atom is -0.398 e. The summed E-state index contributed by atoms with van der Waals surface area (Å²) in [6.45, 7) is 6.41. The molecule has 10 heteroatoms. The van der Waals surface area contributed by atoms with Gasteiger partial charge in [-0.15, -0.1) is 0 Å². The monoisotopic (exact) mass is 535 g/mol. The van der Waals surface area contributed by atoms with E-state index in [-0.39, 0.29) is 36.0 Å². The van der Waals surface area contributed by atoms with Gasteiger partial charge in [-0.2, -0.15) is 0 Å². The topological polar surface area (TPSA) is 160 Å². The van der Waals surface area contributed by atoms with E-state index in [0.29, 0.717) is 30.4 Å². The standard InChI is InChI=1S/C15H27NO3.C12H15FN4O.CH4/c1-14(2)8-13(6-7-19-14)15(17,18)16-9-11-4-3-5-12(11)10-16;1-17-12(18)8-4-7(5-9(13)6-8)10(14)2-3-11(15)16;/h11-13,17-18H,3-10H2,1-2H3;2-6H,14-16H2,1H3,(H,17,18);1H4/b;10-2-;. The Bertz CT molecular complexity index is 1010. The molecule has 4 rings (SSSR count). The summed E-state index contributed by atoms with van der Waals surface area (Å²) in [6, 6.07) is 3.83.